The summed E-state index contributed by atoms with van der Waals surface area (Å²) in [5, 5.41) is 0. The van der Waals surface area contributed by atoms with Gasteiger partial charge < -0.3 is 9.80 Å². The average Bonchev–Trinajstić information content (AvgIpc) is 2.72. The second-order valence-electron chi connectivity index (χ2n) is 7.18. The van der Waals surface area contributed by atoms with Crippen molar-refractivity contribution >= 4 is 5.91 Å². The molecule has 4 nitrogen and oxygen atoms in total. The summed E-state index contributed by atoms with van der Waals surface area (Å²) in [4.78, 5) is 21.0. The van der Waals surface area contributed by atoms with E-state index in [9.17, 15) is 18.0 Å². The van der Waals surface area contributed by atoms with Crippen LogP contribution in [0.4, 0.5) is 13.2 Å². The first-order chi connectivity index (χ1) is 13.3. The number of amides is 1. The highest BCUT2D eigenvalue weighted by molar-refractivity contribution is 5.94. The van der Waals surface area contributed by atoms with Crippen LogP contribution in [0, 0.1) is 0 Å². The van der Waals surface area contributed by atoms with Crippen molar-refractivity contribution in [1.29, 1.82) is 0 Å². The van der Waals surface area contributed by atoms with Gasteiger partial charge >= 0.3 is 6.18 Å². The molecule has 0 spiro atoms. The normalized spacial score (nSPS) is 17.8. The Balaban J connectivity index is 1.62. The minimum absolute atomic E-state index is 0.0895. The largest absolute Gasteiger partial charge is 0.416 e. The molecular weight excluding hydrogens is 367 g/mol. The minimum Gasteiger partial charge on any atom is -0.337 e. The van der Waals surface area contributed by atoms with Crippen LogP contribution in [0.1, 0.15) is 34.5 Å². The van der Waals surface area contributed by atoms with Crippen LogP contribution in [-0.2, 0) is 12.6 Å². The molecule has 1 aliphatic heterocycles. The van der Waals surface area contributed by atoms with Crippen LogP contribution in [-0.4, -0.2) is 53.4 Å². The van der Waals surface area contributed by atoms with E-state index in [1.807, 2.05) is 25.2 Å². The molecule has 1 aromatic carbocycles. The maximum Gasteiger partial charge on any atom is 0.416 e. The Hall–Kier alpha value is -2.41. The van der Waals surface area contributed by atoms with E-state index in [2.05, 4.69) is 9.88 Å². The van der Waals surface area contributed by atoms with Gasteiger partial charge in [-0.2, -0.15) is 13.2 Å². The highest BCUT2D eigenvalue weighted by atomic mass is 19.4. The summed E-state index contributed by atoms with van der Waals surface area (Å²) in [6.45, 7) is 1.90. The van der Waals surface area contributed by atoms with Crippen molar-refractivity contribution in [1.82, 2.24) is 14.8 Å². The lowest BCUT2D eigenvalue weighted by Gasteiger charge is -2.37. The number of rotatable bonds is 5. The van der Waals surface area contributed by atoms with Gasteiger partial charge in [-0.3, -0.25) is 9.78 Å². The van der Waals surface area contributed by atoms with Gasteiger partial charge in [0.2, 0.25) is 0 Å². The Morgan fingerprint density at radius 2 is 2.07 bits per heavy atom. The van der Waals surface area contributed by atoms with Crippen molar-refractivity contribution in [3.63, 3.8) is 0 Å². The number of likely N-dealkylation sites (tertiary alicyclic amines) is 1. The highest BCUT2D eigenvalue weighted by Gasteiger charge is 2.32. The summed E-state index contributed by atoms with van der Waals surface area (Å²) in [5.74, 6) is -0.339. The summed E-state index contributed by atoms with van der Waals surface area (Å²) in [7, 11) is 2.02. The number of nitrogens with zero attached hydrogens (tertiary/aromatic N) is 3. The topological polar surface area (TPSA) is 36.4 Å². The maximum absolute atomic E-state index is 12.9. The third kappa shape index (κ3) is 5.10. The van der Waals surface area contributed by atoms with Crippen molar-refractivity contribution in [2.24, 2.45) is 0 Å². The predicted octanol–water partition coefficient (Wildman–Crippen LogP) is 3.88. The van der Waals surface area contributed by atoms with E-state index in [1.165, 1.54) is 12.1 Å². The predicted molar refractivity (Wildman–Crippen MR) is 101 cm³/mol. The number of hydrogen-bond acceptors (Lipinski definition) is 3. The zero-order valence-electron chi connectivity index (χ0n) is 15.8. The van der Waals surface area contributed by atoms with Crippen molar-refractivity contribution in [2.75, 3.05) is 26.7 Å². The second-order valence-corrected chi connectivity index (χ2v) is 7.18. The summed E-state index contributed by atoms with van der Waals surface area (Å²) in [5.41, 5.74) is 0.313. The number of aromatic nitrogens is 1. The van der Waals surface area contributed by atoms with Crippen molar-refractivity contribution < 1.29 is 18.0 Å². The van der Waals surface area contributed by atoms with Gasteiger partial charge in [-0.15, -0.1) is 0 Å². The Morgan fingerprint density at radius 3 is 2.79 bits per heavy atom. The van der Waals surface area contributed by atoms with Crippen LogP contribution >= 0.6 is 0 Å². The fraction of sp³-hybridized carbons (Fsp3) is 0.429. The van der Waals surface area contributed by atoms with Crippen LogP contribution in [0.5, 0.6) is 0 Å². The van der Waals surface area contributed by atoms with Crippen LogP contribution in [0.25, 0.3) is 0 Å². The molecule has 1 aliphatic rings. The first-order valence-electron chi connectivity index (χ1n) is 9.41. The molecular formula is C21H24F3N3O. The van der Waals surface area contributed by atoms with E-state index in [4.69, 9.17) is 0 Å². The third-order valence-corrected chi connectivity index (χ3v) is 5.19. The summed E-state index contributed by atoms with van der Waals surface area (Å²) < 4.78 is 38.8. The molecule has 28 heavy (non-hydrogen) atoms. The number of likely N-dealkylation sites (N-methyl/N-ethyl adjacent to an activating group) is 1. The number of alkyl halides is 3. The molecule has 3 rings (SSSR count). The average molecular weight is 391 g/mol. The number of piperidine rings is 1. The molecule has 2 aromatic rings. The molecule has 1 fully saturated rings. The lowest BCUT2D eigenvalue weighted by atomic mass is 10.0. The van der Waals surface area contributed by atoms with Gasteiger partial charge in [-0.05, 0) is 50.2 Å². The number of carbonyl (C=O) groups is 1. The molecule has 2 heterocycles. The van der Waals surface area contributed by atoms with Crippen molar-refractivity contribution in [2.45, 2.75) is 31.5 Å². The minimum atomic E-state index is -4.45. The summed E-state index contributed by atoms with van der Waals surface area (Å²) >= 11 is 0. The number of pyridine rings is 1. The Kier molecular flexibility index (Phi) is 6.34. The molecule has 0 N–H and O–H groups in total. The van der Waals surface area contributed by atoms with Crippen LogP contribution in [0.15, 0.2) is 48.7 Å². The SMILES string of the molecule is CN(CCc1ccccn1)[C@@H]1CCCN(C(=O)c2cccc(C(F)(F)F)c2)C1. The standard InChI is InChI=1S/C21H24F3N3O/c1-26(13-10-18-8-2-3-11-25-18)19-9-5-12-27(15-19)20(28)16-6-4-7-17(14-16)21(22,23)24/h2-4,6-8,11,14,19H,5,9-10,12-13,15H2,1H3/t19-/m1/s1. The molecule has 1 aromatic heterocycles. The van der Waals surface area contributed by atoms with E-state index in [0.29, 0.717) is 13.1 Å². The zero-order chi connectivity index (χ0) is 20.1. The first kappa shape index (κ1) is 20.3. The second kappa shape index (κ2) is 8.73. The number of benzene rings is 1. The molecule has 150 valence electrons. The fourth-order valence-corrected chi connectivity index (χ4v) is 3.53. The summed E-state index contributed by atoms with van der Waals surface area (Å²) in [6.07, 6.45) is -0.0678. The molecule has 0 aliphatic carbocycles. The smallest absolute Gasteiger partial charge is 0.337 e. The quantitative estimate of drug-likeness (QED) is 0.776. The van der Waals surface area contributed by atoms with E-state index in [-0.39, 0.29) is 17.5 Å². The molecule has 0 radical (unpaired) electrons. The van der Waals surface area contributed by atoms with Crippen LogP contribution < -0.4 is 0 Å². The van der Waals surface area contributed by atoms with Gasteiger partial charge in [0.25, 0.3) is 5.91 Å². The van der Waals surface area contributed by atoms with Crippen LogP contribution in [0.3, 0.4) is 0 Å². The molecule has 0 bridgehead atoms. The van der Waals surface area contributed by atoms with Gasteiger partial charge in [0, 0.05) is 49.6 Å². The molecule has 1 atom stereocenters. The highest BCUT2D eigenvalue weighted by Crippen LogP contribution is 2.30. The van der Waals surface area contributed by atoms with Gasteiger partial charge in [0.1, 0.15) is 0 Å². The molecule has 1 saturated heterocycles. The van der Waals surface area contributed by atoms with E-state index in [0.717, 1.165) is 43.6 Å². The maximum atomic E-state index is 12.9. The lowest BCUT2D eigenvalue weighted by molar-refractivity contribution is -0.137. The number of halogens is 3. The van der Waals surface area contributed by atoms with Crippen molar-refractivity contribution in [3.05, 3.63) is 65.5 Å². The Labute approximate surface area is 163 Å². The fourth-order valence-electron chi connectivity index (χ4n) is 3.53. The van der Waals surface area contributed by atoms with E-state index in [1.54, 1.807) is 11.1 Å². The molecule has 1 amide bonds. The third-order valence-electron chi connectivity index (χ3n) is 5.19. The molecule has 0 unspecified atom stereocenters. The first-order valence-corrected chi connectivity index (χ1v) is 9.41. The number of hydrogen-bond donors (Lipinski definition) is 0. The van der Waals surface area contributed by atoms with E-state index >= 15 is 0 Å². The Bertz CT molecular complexity index is 795. The summed E-state index contributed by atoms with van der Waals surface area (Å²) in [6, 6.07) is 10.7. The molecule has 7 heteroatoms. The van der Waals surface area contributed by atoms with Crippen LogP contribution in [0.2, 0.25) is 0 Å². The number of carbonyl (C=O) groups excluding carboxylic acids is 1. The Morgan fingerprint density at radius 1 is 1.25 bits per heavy atom. The zero-order valence-corrected chi connectivity index (χ0v) is 15.8. The van der Waals surface area contributed by atoms with Gasteiger partial charge in [-0.25, -0.2) is 0 Å². The van der Waals surface area contributed by atoms with Gasteiger partial charge in [-0.1, -0.05) is 12.1 Å². The monoisotopic (exact) mass is 391 g/mol. The molecule has 0 saturated carbocycles. The van der Waals surface area contributed by atoms with Crippen molar-refractivity contribution in [3.8, 4) is 0 Å². The lowest BCUT2D eigenvalue weighted by Crippen LogP contribution is -2.49. The van der Waals surface area contributed by atoms with Gasteiger partial charge in [0.15, 0.2) is 0 Å². The van der Waals surface area contributed by atoms with Gasteiger partial charge in [0.05, 0.1) is 5.56 Å². The van der Waals surface area contributed by atoms with E-state index < -0.39 is 11.7 Å².